The van der Waals surface area contributed by atoms with Crippen LogP contribution in [0.25, 0.3) is 56.0 Å². The molecule has 10 N–H and O–H groups in total. The van der Waals surface area contributed by atoms with Crippen LogP contribution in [0.15, 0.2) is 127 Å². The molecule has 9 aromatic rings. The van der Waals surface area contributed by atoms with Crippen LogP contribution in [0, 0.1) is 0 Å². The van der Waals surface area contributed by atoms with Gasteiger partial charge >= 0.3 is 17.9 Å². The number of ether oxygens (including phenoxy) is 2. The minimum absolute atomic E-state index is 0. The van der Waals surface area contributed by atoms with Crippen LogP contribution >= 0.6 is 0 Å². The van der Waals surface area contributed by atoms with E-state index in [1.54, 1.807) is 68.4 Å². The van der Waals surface area contributed by atoms with Gasteiger partial charge in [0.05, 0.1) is 37.5 Å². The molecule has 3 saturated heterocycles. The van der Waals surface area contributed by atoms with Crippen molar-refractivity contribution in [1.29, 1.82) is 0 Å². The Hall–Kier alpha value is -11.8. The molecule has 0 radical (unpaired) electrons. The van der Waals surface area contributed by atoms with Crippen molar-refractivity contribution in [2.75, 3.05) is 89.1 Å². The molecule has 25 heteroatoms. The van der Waals surface area contributed by atoms with Crippen LogP contribution in [-0.4, -0.2) is 186 Å². The summed E-state index contributed by atoms with van der Waals surface area (Å²) < 4.78 is 9.18. The highest BCUT2D eigenvalue weighted by Crippen LogP contribution is 2.37. The molecule has 586 valence electrons. The van der Waals surface area contributed by atoms with Crippen LogP contribution < -0.4 is 31.9 Å². The van der Waals surface area contributed by atoms with Crippen molar-refractivity contribution in [1.82, 2.24) is 45.6 Å². The molecule has 3 fully saturated rings. The lowest BCUT2D eigenvalue weighted by Gasteiger charge is -2.13. The molecule has 112 heavy (non-hydrogen) atoms. The van der Waals surface area contributed by atoms with E-state index in [1.807, 2.05) is 24.3 Å². The molecule has 3 unspecified atom stereocenters. The molecular weight excluding hydrogens is 1420 g/mol. The number of aryl methyl sites for hydroxylation is 3. The van der Waals surface area contributed by atoms with Gasteiger partial charge in [0.2, 0.25) is 5.91 Å². The molecule has 6 aromatic carbocycles. The van der Waals surface area contributed by atoms with Gasteiger partial charge < -0.3 is 76.1 Å². The summed E-state index contributed by atoms with van der Waals surface area (Å²) in [5.41, 5.74) is 15.5. The predicted molar refractivity (Wildman–Crippen MR) is 436 cm³/mol. The maximum Gasteiger partial charge on any atom is 0.328 e. The van der Waals surface area contributed by atoms with E-state index in [9.17, 15) is 47.9 Å². The molecule has 3 atom stereocenters. The van der Waals surface area contributed by atoms with Crippen molar-refractivity contribution in [3.8, 4) is 0 Å². The van der Waals surface area contributed by atoms with Gasteiger partial charge in [-0.1, -0.05) is 43.8 Å². The van der Waals surface area contributed by atoms with Gasteiger partial charge in [-0.15, -0.1) is 0 Å². The number of hydrogen-bond donors (Lipinski definition) is 10. The monoisotopic (exact) mass is 1520 g/mol. The van der Waals surface area contributed by atoms with Crippen molar-refractivity contribution in [3.05, 3.63) is 195 Å². The summed E-state index contributed by atoms with van der Waals surface area (Å²) in [4.78, 5) is 136. The normalized spacial score (nSPS) is 16.4. The fourth-order valence-electron chi connectivity index (χ4n) is 14.8. The molecule has 6 aliphatic rings. The number of amides is 6. The molecule has 0 spiro atoms. The summed E-state index contributed by atoms with van der Waals surface area (Å²) in [6.45, 7) is 15.5. The number of nitrogens with zero attached hydrogens (tertiary/aromatic N) is 3. The van der Waals surface area contributed by atoms with Gasteiger partial charge in [0.15, 0.2) is 6.29 Å². The van der Waals surface area contributed by atoms with Crippen LogP contribution in [0.1, 0.15) is 172 Å². The van der Waals surface area contributed by atoms with E-state index in [-0.39, 0.29) is 36.6 Å². The number of aldehydes is 1. The zero-order valence-electron chi connectivity index (χ0n) is 63.3. The number of methoxy groups -OCH3 is 2. The van der Waals surface area contributed by atoms with E-state index in [1.165, 1.54) is 129 Å². The number of anilines is 3. The lowest BCUT2D eigenvalue weighted by Crippen LogP contribution is -2.39. The van der Waals surface area contributed by atoms with E-state index >= 15 is 0 Å². The second-order valence-corrected chi connectivity index (χ2v) is 29.1. The van der Waals surface area contributed by atoms with Crippen molar-refractivity contribution < 1.29 is 62.5 Å². The van der Waals surface area contributed by atoms with Crippen LogP contribution in [0.3, 0.4) is 0 Å². The Labute approximate surface area is 651 Å². The van der Waals surface area contributed by atoms with Crippen LogP contribution in [0.2, 0.25) is 0 Å². The van der Waals surface area contributed by atoms with E-state index in [0.717, 1.165) is 107 Å². The Kier molecular flexibility index (Phi) is 27.4. The molecule has 0 bridgehead atoms. The summed E-state index contributed by atoms with van der Waals surface area (Å²) in [6.07, 6.45) is 19.6. The lowest BCUT2D eigenvalue weighted by atomic mass is 10.0. The number of benzene rings is 6. The van der Waals surface area contributed by atoms with E-state index < -0.39 is 47.8 Å². The molecule has 15 rings (SSSR count). The predicted octanol–water partition coefficient (Wildman–Crippen LogP) is 12.0. The second-order valence-electron chi connectivity index (χ2n) is 29.1. The number of rotatable bonds is 24. The first-order valence-electron chi connectivity index (χ1n) is 38.2. The highest BCUT2D eigenvalue weighted by Gasteiger charge is 2.29. The van der Waals surface area contributed by atoms with Gasteiger partial charge in [0.25, 0.3) is 29.5 Å². The van der Waals surface area contributed by atoms with Gasteiger partial charge in [0, 0.05) is 89.0 Å². The smallest absolute Gasteiger partial charge is 0.328 e. The number of aliphatic carboxylic acids is 1. The minimum Gasteiger partial charge on any atom is -0.480 e. The average molecular weight is 1520 g/mol. The van der Waals surface area contributed by atoms with Gasteiger partial charge in [-0.05, 0) is 282 Å². The molecule has 3 aromatic heterocycles. The summed E-state index contributed by atoms with van der Waals surface area (Å²) in [5.74, 6) is -4.03. The maximum absolute atomic E-state index is 12.8. The fraction of sp³-hybridized carbons (Fsp3) is 0.356. The number of fused-ring (bicyclic) bond motifs is 6. The van der Waals surface area contributed by atoms with E-state index in [2.05, 4.69) is 132 Å². The second kappa shape index (κ2) is 37.7. The Morgan fingerprint density at radius 3 is 1.19 bits per heavy atom. The summed E-state index contributed by atoms with van der Waals surface area (Å²) >= 11 is 0. The molecule has 9 heterocycles. The SMILES string of the molecule is C.CC(NC(=O)c1ccc2c(c1)NC(=O)/C2=C\c1cc2cc(CCCN3CCCC3)ccc2[nH]1)C(=O)O.COC(=O)C(C)NC(=O)c1ccc2c(c1)NC(=O)/C2=C\c1cc2cc(CCCN3CCCC3)ccc2[nH]1.COC(=O)C(C)NC(=O)c1ccc2c(c1)NC(=O)C2.O=Cc1cc2cc(CCCN3CCCC3)ccc2[nH]1. The topological polar surface area (TPSA) is 339 Å². The molecule has 6 aliphatic heterocycles. The number of carboxylic acids is 1. The first-order chi connectivity index (χ1) is 53.6. The van der Waals surface area contributed by atoms with Crippen LogP contribution in [-0.2, 0) is 63.9 Å². The number of carbonyl (C=O) groups excluding carboxylic acids is 9. The third kappa shape index (κ3) is 20.8. The number of carboxylic acid groups (broad SMARTS) is 1. The number of H-pyrrole nitrogens is 3. The van der Waals surface area contributed by atoms with Crippen molar-refractivity contribution >= 4 is 133 Å². The largest absolute Gasteiger partial charge is 0.480 e. The average Bonchev–Trinajstić information content (AvgIpc) is 1.64. The maximum atomic E-state index is 12.8. The van der Waals surface area contributed by atoms with Crippen molar-refractivity contribution in [2.24, 2.45) is 0 Å². The zero-order valence-corrected chi connectivity index (χ0v) is 63.3. The number of likely N-dealkylation sites (tertiary alicyclic amines) is 3. The first kappa shape index (κ1) is 81.2. The molecule has 0 saturated carbocycles. The van der Waals surface area contributed by atoms with Gasteiger partial charge in [-0.3, -0.25) is 38.4 Å². The minimum atomic E-state index is -1.12. The third-order valence-electron chi connectivity index (χ3n) is 20.9. The number of aromatic amines is 3. The zero-order chi connectivity index (χ0) is 78.2. The number of esters is 2. The van der Waals surface area contributed by atoms with Crippen LogP contribution in [0.4, 0.5) is 17.1 Å². The lowest BCUT2D eigenvalue weighted by molar-refractivity contribution is -0.143. The summed E-state index contributed by atoms with van der Waals surface area (Å²) in [6, 6.07) is 37.8. The van der Waals surface area contributed by atoms with E-state index in [0.29, 0.717) is 57.0 Å². The summed E-state index contributed by atoms with van der Waals surface area (Å²) in [7, 11) is 2.53. The van der Waals surface area contributed by atoms with Crippen LogP contribution in [0.5, 0.6) is 0 Å². The fourth-order valence-corrected chi connectivity index (χ4v) is 14.8. The highest BCUT2D eigenvalue weighted by molar-refractivity contribution is 6.36. The Bertz CT molecular complexity index is 5070. The number of hydrogen-bond acceptors (Lipinski definition) is 15. The molecular formula is C87H100N12O13. The number of carbonyl (C=O) groups is 10. The van der Waals surface area contributed by atoms with Crippen molar-refractivity contribution in [2.45, 2.75) is 130 Å². The third-order valence-corrected chi connectivity index (χ3v) is 20.9. The van der Waals surface area contributed by atoms with Gasteiger partial charge in [0.1, 0.15) is 18.1 Å². The molecule has 6 amide bonds. The Balaban J connectivity index is 0.000000154. The van der Waals surface area contributed by atoms with E-state index in [4.69, 9.17) is 5.11 Å². The quantitative estimate of drug-likeness (QED) is 0.0153. The molecule has 25 nitrogen and oxygen atoms in total. The standard InChI is InChI=1S/C29H32N4O4.C28H30N4O4.C16H20N2O.C13H14N2O4.CH4/c1-18(29(36)37-2)30-27(34)20-8-9-23-24(28(35)32-26(23)16-20)17-22-15-21-14-19(7-10-25(21)31-22)6-5-13-33-11-3-4-12-33;1-17(28(35)36)29-26(33)19-7-8-22-23(27(34)31-25(22)15-19)16-21-14-20-13-18(6-9-24(20)30-21)5-4-12-32-10-2-3-11-32;19-12-15-11-14-10-13(5-6-16(14)17-15)4-3-9-18-7-1-2-8-18;1-7(13(18)19-2)14-12(17)9-4-3-8-6-11(16)15-10(8)5-9;/h7-10,14-18,31H,3-6,11-13H2,1-2H3,(H,30,34)(H,32,35);6-9,13-17,30H,2-5,10-12H2,1H3,(H,29,33)(H,31,34)(H,35,36);5-6,10-12,17H,1-4,7-9H2;3-5,7H,6H2,1-2H3,(H,14,17)(H,15,16);1H4/b24-17-;23-16-;;;. The van der Waals surface area contributed by atoms with Gasteiger partial charge in [-0.2, -0.15) is 0 Å². The Morgan fingerprint density at radius 1 is 0.455 bits per heavy atom. The summed E-state index contributed by atoms with van der Waals surface area (Å²) in [5, 5.41) is 28.2. The highest BCUT2D eigenvalue weighted by atomic mass is 16.5. The van der Waals surface area contributed by atoms with Gasteiger partial charge in [-0.25, -0.2) is 9.59 Å². The number of aromatic nitrogens is 3. The number of nitrogens with one attached hydrogen (secondary N) is 9. The Morgan fingerprint density at radius 2 is 0.812 bits per heavy atom. The van der Waals surface area contributed by atoms with Crippen molar-refractivity contribution in [3.63, 3.8) is 0 Å². The first-order valence-corrected chi connectivity index (χ1v) is 38.2. The molecule has 0 aliphatic carbocycles.